The van der Waals surface area contributed by atoms with E-state index in [1.54, 1.807) is 13.4 Å². The molecule has 0 unspecified atom stereocenters. The Morgan fingerprint density at radius 3 is 2.75 bits per heavy atom. The van der Waals surface area contributed by atoms with Gasteiger partial charge < -0.3 is 24.5 Å². The van der Waals surface area contributed by atoms with E-state index < -0.39 is 0 Å². The largest absolute Gasteiger partial charge is 0.493 e. The van der Waals surface area contributed by atoms with Gasteiger partial charge in [0.15, 0.2) is 17.5 Å². The molecule has 152 valence electrons. The van der Waals surface area contributed by atoms with Crippen LogP contribution in [-0.4, -0.2) is 32.3 Å². The number of benzene rings is 1. The van der Waals surface area contributed by atoms with Gasteiger partial charge >= 0.3 is 0 Å². The lowest BCUT2D eigenvalue weighted by atomic mass is 10.1. The number of aliphatic imine (C=N–C) groups is 1. The van der Waals surface area contributed by atoms with E-state index in [0.717, 1.165) is 61.1 Å². The highest BCUT2D eigenvalue weighted by molar-refractivity contribution is 5.79. The van der Waals surface area contributed by atoms with Gasteiger partial charge in [-0.3, -0.25) is 0 Å². The van der Waals surface area contributed by atoms with Crippen LogP contribution in [0.1, 0.15) is 43.9 Å². The van der Waals surface area contributed by atoms with E-state index in [1.807, 2.05) is 24.3 Å². The minimum Gasteiger partial charge on any atom is -0.493 e. The minimum absolute atomic E-state index is 0.277. The van der Waals surface area contributed by atoms with E-state index in [0.29, 0.717) is 6.54 Å². The van der Waals surface area contributed by atoms with E-state index in [4.69, 9.17) is 18.9 Å². The van der Waals surface area contributed by atoms with Gasteiger partial charge in [0.05, 0.1) is 26.0 Å². The van der Waals surface area contributed by atoms with Crippen molar-refractivity contribution in [1.29, 1.82) is 0 Å². The van der Waals surface area contributed by atoms with Gasteiger partial charge in [0, 0.05) is 25.1 Å². The number of nitrogens with zero attached hydrogens (tertiary/aromatic N) is 1. The number of furan rings is 1. The smallest absolute Gasteiger partial charge is 0.191 e. The van der Waals surface area contributed by atoms with Crippen LogP contribution in [0.25, 0.3) is 0 Å². The minimum atomic E-state index is 0.277. The molecule has 0 radical (unpaired) electrons. The maximum absolute atomic E-state index is 6.30. The summed E-state index contributed by atoms with van der Waals surface area (Å²) in [5.41, 5.74) is 1.04. The third kappa shape index (κ3) is 5.68. The zero-order valence-corrected chi connectivity index (χ0v) is 16.9. The molecule has 2 N–H and O–H groups in total. The Labute approximate surface area is 167 Å². The van der Waals surface area contributed by atoms with Crippen molar-refractivity contribution < 1.29 is 13.9 Å². The van der Waals surface area contributed by atoms with Gasteiger partial charge in [-0.25, -0.2) is 4.99 Å². The van der Waals surface area contributed by atoms with Gasteiger partial charge in [-0.15, -0.1) is 0 Å². The molecule has 1 heterocycles. The van der Waals surface area contributed by atoms with Crippen LogP contribution in [0.2, 0.25) is 0 Å². The van der Waals surface area contributed by atoms with Crippen LogP contribution in [0.3, 0.4) is 0 Å². The number of guanidine groups is 1. The molecule has 28 heavy (non-hydrogen) atoms. The fraction of sp³-hybridized carbons (Fsp3) is 0.500. The SMILES string of the molecule is CCNC(=NCc1cccc(OC)c1OC1CCCC1)NCCc1ccco1. The zero-order valence-electron chi connectivity index (χ0n) is 16.9. The van der Waals surface area contributed by atoms with Crippen molar-refractivity contribution in [2.24, 2.45) is 4.99 Å². The third-order valence-corrected chi connectivity index (χ3v) is 4.86. The number of nitrogens with one attached hydrogen (secondary N) is 2. The lowest BCUT2D eigenvalue weighted by molar-refractivity contribution is 0.198. The second kappa shape index (κ2) is 10.6. The fourth-order valence-corrected chi connectivity index (χ4v) is 3.42. The molecule has 0 saturated heterocycles. The van der Waals surface area contributed by atoms with Crippen molar-refractivity contribution in [2.45, 2.75) is 51.7 Å². The molecule has 1 fully saturated rings. The van der Waals surface area contributed by atoms with Gasteiger partial charge in [-0.2, -0.15) is 0 Å². The normalized spacial score (nSPS) is 14.9. The van der Waals surface area contributed by atoms with Crippen LogP contribution >= 0.6 is 0 Å². The first-order chi connectivity index (χ1) is 13.8. The van der Waals surface area contributed by atoms with E-state index >= 15 is 0 Å². The first-order valence-electron chi connectivity index (χ1n) is 10.2. The van der Waals surface area contributed by atoms with Gasteiger partial charge in [0.1, 0.15) is 5.76 Å². The van der Waals surface area contributed by atoms with Crippen molar-refractivity contribution in [3.63, 3.8) is 0 Å². The summed E-state index contributed by atoms with van der Waals surface area (Å²) in [6, 6.07) is 9.88. The summed E-state index contributed by atoms with van der Waals surface area (Å²) in [6.07, 6.45) is 7.47. The van der Waals surface area contributed by atoms with Crippen molar-refractivity contribution in [2.75, 3.05) is 20.2 Å². The topological polar surface area (TPSA) is 68.0 Å². The zero-order chi connectivity index (χ0) is 19.6. The van der Waals surface area contributed by atoms with E-state index in [9.17, 15) is 0 Å². The number of hydrogen-bond donors (Lipinski definition) is 2. The average Bonchev–Trinajstić information content (AvgIpc) is 3.41. The van der Waals surface area contributed by atoms with E-state index in [2.05, 4.69) is 23.6 Å². The Morgan fingerprint density at radius 2 is 2.04 bits per heavy atom. The number of ether oxygens (including phenoxy) is 2. The van der Waals surface area contributed by atoms with Crippen molar-refractivity contribution >= 4 is 5.96 Å². The lowest BCUT2D eigenvalue weighted by Crippen LogP contribution is -2.38. The summed E-state index contributed by atoms with van der Waals surface area (Å²) in [7, 11) is 1.68. The highest BCUT2D eigenvalue weighted by atomic mass is 16.5. The molecule has 1 aromatic carbocycles. The predicted molar refractivity (Wildman–Crippen MR) is 111 cm³/mol. The summed E-state index contributed by atoms with van der Waals surface area (Å²) < 4.78 is 17.2. The maximum Gasteiger partial charge on any atom is 0.191 e. The molecule has 1 aliphatic carbocycles. The Balaban J connectivity index is 1.66. The molecule has 6 nitrogen and oxygen atoms in total. The first kappa shape index (κ1) is 20.1. The van der Waals surface area contributed by atoms with E-state index in [-0.39, 0.29) is 6.10 Å². The highest BCUT2D eigenvalue weighted by Crippen LogP contribution is 2.35. The molecule has 0 aliphatic heterocycles. The van der Waals surface area contributed by atoms with E-state index in [1.165, 1.54) is 12.8 Å². The van der Waals surface area contributed by atoms with Crippen LogP contribution in [-0.2, 0) is 13.0 Å². The summed E-state index contributed by atoms with van der Waals surface area (Å²) in [5, 5.41) is 6.65. The first-order valence-corrected chi connectivity index (χ1v) is 10.2. The van der Waals surface area contributed by atoms with Crippen LogP contribution in [0.15, 0.2) is 46.0 Å². The quantitative estimate of drug-likeness (QED) is 0.506. The molecule has 3 rings (SSSR count). The highest BCUT2D eigenvalue weighted by Gasteiger charge is 2.20. The van der Waals surface area contributed by atoms with Crippen molar-refractivity contribution in [3.05, 3.63) is 47.9 Å². The standard InChI is InChI=1S/C22H31N3O3/c1-3-23-22(24-14-13-18-11-7-15-27-18)25-16-17-8-6-12-20(26-2)21(17)28-19-9-4-5-10-19/h6-8,11-12,15,19H,3-5,9-10,13-14,16H2,1-2H3,(H2,23,24,25). The van der Waals surface area contributed by atoms with Crippen LogP contribution in [0, 0.1) is 0 Å². The molecule has 2 aromatic rings. The summed E-state index contributed by atoms with van der Waals surface area (Å²) in [5.74, 6) is 3.34. The summed E-state index contributed by atoms with van der Waals surface area (Å²) in [4.78, 5) is 4.74. The molecule has 1 aliphatic rings. The molecule has 0 bridgehead atoms. The molecular formula is C22H31N3O3. The molecule has 0 atom stereocenters. The number of rotatable bonds is 9. The van der Waals surface area contributed by atoms with Crippen LogP contribution < -0.4 is 20.1 Å². The Hall–Kier alpha value is -2.63. The molecular weight excluding hydrogens is 354 g/mol. The second-order valence-corrected chi connectivity index (χ2v) is 6.92. The van der Waals surface area contributed by atoms with Gasteiger partial charge in [0.2, 0.25) is 0 Å². The Bertz CT molecular complexity index is 737. The number of para-hydroxylation sites is 1. The molecule has 1 saturated carbocycles. The van der Waals surface area contributed by atoms with Crippen LogP contribution in [0.4, 0.5) is 0 Å². The third-order valence-electron chi connectivity index (χ3n) is 4.86. The maximum atomic E-state index is 6.30. The summed E-state index contributed by atoms with van der Waals surface area (Å²) in [6.45, 7) is 4.14. The lowest BCUT2D eigenvalue weighted by Gasteiger charge is -2.19. The van der Waals surface area contributed by atoms with Gasteiger partial charge in [-0.05, 0) is 50.8 Å². The Kier molecular flexibility index (Phi) is 7.64. The molecule has 6 heteroatoms. The molecule has 0 spiro atoms. The second-order valence-electron chi connectivity index (χ2n) is 6.92. The van der Waals surface area contributed by atoms with Crippen LogP contribution in [0.5, 0.6) is 11.5 Å². The fourth-order valence-electron chi connectivity index (χ4n) is 3.42. The summed E-state index contributed by atoms with van der Waals surface area (Å²) >= 11 is 0. The number of hydrogen-bond acceptors (Lipinski definition) is 4. The molecule has 1 aromatic heterocycles. The predicted octanol–water partition coefficient (Wildman–Crippen LogP) is 3.91. The monoisotopic (exact) mass is 385 g/mol. The van der Waals surface area contributed by atoms with Gasteiger partial charge in [-0.1, -0.05) is 12.1 Å². The van der Waals surface area contributed by atoms with Gasteiger partial charge in [0.25, 0.3) is 0 Å². The molecule has 0 amide bonds. The Morgan fingerprint density at radius 1 is 1.18 bits per heavy atom. The van der Waals surface area contributed by atoms with Crippen molar-refractivity contribution in [1.82, 2.24) is 10.6 Å². The number of methoxy groups -OCH3 is 1. The van der Waals surface area contributed by atoms with Crippen molar-refractivity contribution in [3.8, 4) is 11.5 Å². The average molecular weight is 386 g/mol.